The fourth-order valence-electron chi connectivity index (χ4n) is 3.31. The molecule has 0 bridgehead atoms. The van der Waals surface area contributed by atoms with Gasteiger partial charge in [0.15, 0.2) is 6.61 Å². The highest BCUT2D eigenvalue weighted by Crippen LogP contribution is 2.24. The van der Waals surface area contributed by atoms with Gasteiger partial charge in [-0.25, -0.2) is 9.48 Å². The third-order valence-electron chi connectivity index (χ3n) is 4.80. The van der Waals surface area contributed by atoms with E-state index < -0.39 is 18.5 Å². The van der Waals surface area contributed by atoms with Gasteiger partial charge in [0.1, 0.15) is 5.82 Å². The summed E-state index contributed by atoms with van der Waals surface area (Å²) in [6.45, 7) is 0.891. The normalized spacial score (nSPS) is 10.4. The Labute approximate surface area is 196 Å². The minimum Gasteiger partial charge on any atom is -0.452 e. The van der Waals surface area contributed by atoms with Gasteiger partial charge in [0.2, 0.25) is 5.91 Å². The molecule has 0 radical (unpaired) electrons. The summed E-state index contributed by atoms with van der Waals surface area (Å²) in [5.74, 6) is -1.000. The molecule has 8 nitrogen and oxygen atoms in total. The highest BCUT2D eigenvalue weighted by atomic mass is 16.5. The van der Waals surface area contributed by atoms with Crippen LogP contribution < -0.4 is 10.6 Å². The van der Waals surface area contributed by atoms with Gasteiger partial charge in [-0.1, -0.05) is 54.6 Å². The number of carbonyl (C=O) groups excluding carboxylic acids is 3. The maximum Gasteiger partial charge on any atom is 0.338 e. The van der Waals surface area contributed by atoms with Gasteiger partial charge in [-0.15, -0.1) is 0 Å². The van der Waals surface area contributed by atoms with Crippen LogP contribution in [0, 0.1) is 0 Å². The number of rotatable bonds is 7. The van der Waals surface area contributed by atoms with Crippen LogP contribution in [0.1, 0.15) is 17.3 Å². The third kappa shape index (κ3) is 5.55. The second-order valence-electron chi connectivity index (χ2n) is 7.41. The van der Waals surface area contributed by atoms with E-state index in [0.29, 0.717) is 17.2 Å². The van der Waals surface area contributed by atoms with Gasteiger partial charge < -0.3 is 15.4 Å². The highest BCUT2D eigenvalue weighted by molar-refractivity contribution is 5.97. The predicted octanol–water partition coefficient (Wildman–Crippen LogP) is 4.29. The number of benzene rings is 3. The van der Waals surface area contributed by atoms with Gasteiger partial charge in [0.25, 0.3) is 5.91 Å². The van der Waals surface area contributed by atoms with Crippen molar-refractivity contribution in [1.82, 2.24) is 9.78 Å². The Bertz CT molecular complexity index is 1320. The summed E-state index contributed by atoms with van der Waals surface area (Å²) < 4.78 is 6.79. The van der Waals surface area contributed by atoms with Crippen molar-refractivity contribution in [2.45, 2.75) is 6.92 Å². The Morgan fingerprint density at radius 1 is 0.853 bits per heavy atom. The summed E-state index contributed by atoms with van der Waals surface area (Å²) in [5.41, 5.74) is 3.04. The molecule has 4 rings (SSSR count). The molecule has 0 aliphatic rings. The van der Waals surface area contributed by atoms with Gasteiger partial charge in [-0.2, -0.15) is 5.10 Å². The number of nitrogens with one attached hydrogen (secondary N) is 2. The minimum atomic E-state index is -0.677. The maximum absolute atomic E-state index is 12.6. The van der Waals surface area contributed by atoms with Crippen molar-refractivity contribution in [1.29, 1.82) is 0 Å². The Kier molecular flexibility index (Phi) is 6.78. The Morgan fingerprint density at radius 3 is 2.26 bits per heavy atom. The molecule has 1 aromatic heterocycles. The zero-order chi connectivity index (χ0) is 23.9. The van der Waals surface area contributed by atoms with E-state index in [1.54, 1.807) is 28.9 Å². The Hall–Kier alpha value is -4.72. The minimum absolute atomic E-state index is 0.222. The zero-order valence-electron chi connectivity index (χ0n) is 18.4. The monoisotopic (exact) mass is 454 g/mol. The molecule has 3 aromatic carbocycles. The van der Waals surface area contributed by atoms with Crippen molar-refractivity contribution in [3.05, 3.63) is 96.6 Å². The lowest BCUT2D eigenvalue weighted by atomic mass is 10.2. The van der Waals surface area contributed by atoms with E-state index in [2.05, 4.69) is 15.7 Å². The van der Waals surface area contributed by atoms with E-state index in [0.717, 1.165) is 11.3 Å². The lowest BCUT2D eigenvalue weighted by Gasteiger charge is -2.10. The maximum atomic E-state index is 12.6. The smallest absolute Gasteiger partial charge is 0.338 e. The molecular formula is C26H22N4O4. The molecule has 0 saturated heterocycles. The second-order valence-corrected chi connectivity index (χ2v) is 7.41. The zero-order valence-corrected chi connectivity index (χ0v) is 18.4. The number of nitrogens with zero attached hydrogens (tertiary/aromatic N) is 2. The number of anilines is 2. The van der Waals surface area contributed by atoms with Gasteiger partial charge in [0, 0.05) is 24.2 Å². The first-order chi connectivity index (χ1) is 16.5. The standard InChI is InChI=1S/C26H22N4O4/c1-18(31)27-21-12-8-11-20(15-21)26(33)34-17-25(32)28-24-16-23(19-9-4-2-5-10-19)29-30(24)22-13-6-3-7-14-22/h2-16H,17H2,1H3,(H,27,31)(H,28,32). The summed E-state index contributed by atoms with van der Waals surface area (Å²) in [7, 11) is 0. The molecule has 0 saturated carbocycles. The van der Waals surface area contributed by atoms with E-state index in [4.69, 9.17) is 4.74 Å². The molecule has 2 amide bonds. The van der Waals surface area contributed by atoms with Crippen molar-refractivity contribution < 1.29 is 19.1 Å². The van der Waals surface area contributed by atoms with Gasteiger partial charge >= 0.3 is 5.97 Å². The molecule has 1 heterocycles. The second kappa shape index (κ2) is 10.3. The van der Waals surface area contributed by atoms with Gasteiger partial charge in [-0.05, 0) is 30.3 Å². The van der Waals surface area contributed by atoms with E-state index in [1.807, 2.05) is 60.7 Å². The Morgan fingerprint density at radius 2 is 1.56 bits per heavy atom. The van der Waals surface area contributed by atoms with E-state index in [-0.39, 0.29) is 11.5 Å². The molecule has 0 unspecified atom stereocenters. The molecule has 0 spiro atoms. The summed E-state index contributed by atoms with van der Waals surface area (Å²) >= 11 is 0. The van der Waals surface area contributed by atoms with Crippen molar-refractivity contribution in [2.24, 2.45) is 0 Å². The number of para-hydroxylation sites is 1. The number of carbonyl (C=O) groups is 3. The Balaban J connectivity index is 1.48. The molecule has 170 valence electrons. The fraction of sp³-hybridized carbons (Fsp3) is 0.0769. The van der Waals surface area contributed by atoms with Crippen LogP contribution in [0.3, 0.4) is 0 Å². The van der Waals surface area contributed by atoms with Gasteiger partial charge in [0.05, 0.1) is 16.9 Å². The molecular weight excluding hydrogens is 432 g/mol. The van der Waals surface area contributed by atoms with E-state index in [9.17, 15) is 14.4 Å². The molecule has 2 N–H and O–H groups in total. The SMILES string of the molecule is CC(=O)Nc1cccc(C(=O)OCC(=O)Nc2cc(-c3ccccc3)nn2-c2ccccc2)c1. The van der Waals surface area contributed by atoms with Gasteiger partial charge in [-0.3, -0.25) is 9.59 Å². The van der Waals surface area contributed by atoms with E-state index in [1.165, 1.54) is 13.0 Å². The predicted molar refractivity (Wildman–Crippen MR) is 129 cm³/mol. The van der Waals surface area contributed by atoms with Crippen LogP contribution in [0.5, 0.6) is 0 Å². The van der Waals surface area contributed by atoms with Crippen LogP contribution in [-0.2, 0) is 14.3 Å². The number of amides is 2. The molecule has 0 fully saturated rings. The summed E-state index contributed by atoms with van der Waals surface area (Å²) in [6.07, 6.45) is 0. The number of esters is 1. The van der Waals surface area contributed by atoms with Crippen LogP contribution in [-0.4, -0.2) is 34.2 Å². The fourth-order valence-corrected chi connectivity index (χ4v) is 3.31. The van der Waals surface area contributed by atoms with Crippen LogP contribution in [0.15, 0.2) is 91.0 Å². The first kappa shape index (κ1) is 22.5. The quantitative estimate of drug-likeness (QED) is 0.406. The average molecular weight is 454 g/mol. The summed E-state index contributed by atoms with van der Waals surface area (Å²) in [5, 5.41) is 10.0. The van der Waals surface area contributed by atoms with Crippen molar-refractivity contribution >= 4 is 29.3 Å². The summed E-state index contributed by atoms with van der Waals surface area (Å²) in [4.78, 5) is 36.2. The third-order valence-corrected chi connectivity index (χ3v) is 4.80. The molecule has 8 heteroatoms. The first-order valence-corrected chi connectivity index (χ1v) is 10.5. The topological polar surface area (TPSA) is 102 Å². The lowest BCUT2D eigenvalue weighted by molar-refractivity contribution is -0.119. The lowest BCUT2D eigenvalue weighted by Crippen LogP contribution is -2.22. The van der Waals surface area contributed by atoms with Crippen molar-refractivity contribution in [2.75, 3.05) is 17.2 Å². The molecule has 34 heavy (non-hydrogen) atoms. The summed E-state index contributed by atoms with van der Waals surface area (Å²) in [6, 6.07) is 27.1. The molecule has 0 aliphatic carbocycles. The number of hydrogen-bond donors (Lipinski definition) is 2. The van der Waals surface area contributed by atoms with E-state index >= 15 is 0 Å². The van der Waals surface area contributed by atoms with Crippen LogP contribution in [0.2, 0.25) is 0 Å². The first-order valence-electron chi connectivity index (χ1n) is 10.5. The molecule has 4 aromatic rings. The highest BCUT2D eigenvalue weighted by Gasteiger charge is 2.16. The number of ether oxygens (including phenoxy) is 1. The van der Waals surface area contributed by atoms with Crippen LogP contribution in [0.25, 0.3) is 16.9 Å². The van der Waals surface area contributed by atoms with Crippen LogP contribution >= 0.6 is 0 Å². The van der Waals surface area contributed by atoms with Crippen molar-refractivity contribution in [3.63, 3.8) is 0 Å². The molecule has 0 atom stereocenters. The van der Waals surface area contributed by atoms with Crippen molar-refractivity contribution in [3.8, 4) is 16.9 Å². The largest absolute Gasteiger partial charge is 0.452 e. The number of hydrogen-bond acceptors (Lipinski definition) is 5. The molecule has 0 aliphatic heterocycles. The average Bonchev–Trinajstić information content (AvgIpc) is 3.27. The number of aromatic nitrogens is 2. The van der Waals surface area contributed by atoms with Crippen LogP contribution in [0.4, 0.5) is 11.5 Å².